The molecule has 1 aromatic rings. The topological polar surface area (TPSA) is 56.7 Å². The van der Waals surface area contributed by atoms with Gasteiger partial charge in [-0.2, -0.15) is 0 Å². The lowest BCUT2D eigenvalue weighted by Crippen LogP contribution is -2.53. The van der Waals surface area contributed by atoms with Gasteiger partial charge in [-0.25, -0.2) is 4.98 Å². The summed E-state index contributed by atoms with van der Waals surface area (Å²) in [6, 6.07) is 0.300. The molecule has 2 atom stereocenters. The van der Waals surface area contributed by atoms with Crippen LogP contribution in [-0.4, -0.2) is 64.1 Å². The number of piperazine rings is 1. The molecule has 0 spiro atoms. The standard InChI is InChI=1S/C14H21N3O2S/c1-10-15-11(9-20-10)14(19)17-7-5-16(6-8-17)12-3-2-4-13(12)18/h9,12-13,18H,2-8H2,1H3. The molecule has 5 nitrogen and oxygen atoms in total. The highest BCUT2D eigenvalue weighted by Gasteiger charge is 2.33. The van der Waals surface area contributed by atoms with Gasteiger partial charge in [-0.05, 0) is 26.2 Å². The van der Waals surface area contributed by atoms with Crippen molar-refractivity contribution >= 4 is 17.2 Å². The molecule has 1 saturated carbocycles. The monoisotopic (exact) mass is 295 g/mol. The van der Waals surface area contributed by atoms with Gasteiger partial charge in [0.05, 0.1) is 11.1 Å². The fourth-order valence-electron chi connectivity index (χ4n) is 3.23. The third kappa shape index (κ3) is 2.73. The number of hydrogen-bond donors (Lipinski definition) is 1. The summed E-state index contributed by atoms with van der Waals surface area (Å²) in [5, 5.41) is 12.7. The quantitative estimate of drug-likeness (QED) is 0.888. The molecule has 6 heteroatoms. The first-order valence-electron chi connectivity index (χ1n) is 7.28. The van der Waals surface area contributed by atoms with Gasteiger partial charge in [-0.1, -0.05) is 0 Å². The summed E-state index contributed by atoms with van der Waals surface area (Å²) in [5.41, 5.74) is 0.571. The van der Waals surface area contributed by atoms with Crippen molar-refractivity contribution in [1.82, 2.24) is 14.8 Å². The van der Waals surface area contributed by atoms with Crippen LogP contribution in [0.4, 0.5) is 0 Å². The van der Waals surface area contributed by atoms with E-state index in [9.17, 15) is 9.90 Å². The van der Waals surface area contributed by atoms with E-state index in [1.807, 2.05) is 17.2 Å². The number of hydrogen-bond acceptors (Lipinski definition) is 5. The molecule has 1 amide bonds. The molecular formula is C14H21N3O2S. The maximum absolute atomic E-state index is 12.3. The highest BCUT2D eigenvalue weighted by Crippen LogP contribution is 2.25. The maximum Gasteiger partial charge on any atom is 0.273 e. The van der Waals surface area contributed by atoms with Crippen molar-refractivity contribution in [1.29, 1.82) is 0 Å². The summed E-state index contributed by atoms with van der Waals surface area (Å²) in [4.78, 5) is 20.8. The Hall–Kier alpha value is -0.980. The van der Waals surface area contributed by atoms with Gasteiger partial charge in [-0.15, -0.1) is 11.3 Å². The van der Waals surface area contributed by atoms with E-state index in [1.165, 1.54) is 11.3 Å². The summed E-state index contributed by atoms with van der Waals surface area (Å²) in [6.45, 7) is 5.10. The second kappa shape index (κ2) is 5.79. The second-order valence-corrected chi connectivity index (χ2v) is 6.71. The Balaban J connectivity index is 1.57. The van der Waals surface area contributed by atoms with Crippen molar-refractivity contribution in [3.8, 4) is 0 Å². The largest absolute Gasteiger partial charge is 0.391 e. The van der Waals surface area contributed by atoms with Gasteiger partial charge in [-0.3, -0.25) is 9.69 Å². The molecule has 2 heterocycles. The Kier molecular flexibility index (Phi) is 4.05. The number of carbonyl (C=O) groups excluding carboxylic acids is 1. The molecule has 1 aliphatic heterocycles. The van der Waals surface area contributed by atoms with E-state index in [4.69, 9.17) is 0 Å². The summed E-state index contributed by atoms with van der Waals surface area (Å²) in [7, 11) is 0. The highest BCUT2D eigenvalue weighted by molar-refractivity contribution is 7.09. The van der Waals surface area contributed by atoms with Crippen LogP contribution in [-0.2, 0) is 0 Å². The van der Waals surface area contributed by atoms with Crippen LogP contribution in [0.3, 0.4) is 0 Å². The fourth-order valence-corrected chi connectivity index (χ4v) is 3.81. The lowest BCUT2D eigenvalue weighted by atomic mass is 10.1. The molecule has 20 heavy (non-hydrogen) atoms. The minimum absolute atomic E-state index is 0.0426. The lowest BCUT2D eigenvalue weighted by molar-refractivity contribution is 0.0313. The Labute approximate surface area is 123 Å². The molecule has 0 aromatic carbocycles. The number of nitrogens with zero attached hydrogens (tertiary/aromatic N) is 3. The first kappa shape index (κ1) is 14.0. The molecule has 0 radical (unpaired) electrons. The normalized spacial score (nSPS) is 28.0. The van der Waals surface area contributed by atoms with Crippen LogP contribution in [0.15, 0.2) is 5.38 Å². The Morgan fingerprint density at radius 2 is 2.10 bits per heavy atom. The number of carbonyl (C=O) groups is 1. The van der Waals surface area contributed by atoms with E-state index in [1.54, 1.807) is 0 Å². The van der Waals surface area contributed by atoms with Crippen LogP contribution in [0.25, 0.3) is 0 Å². The number of aliphatic hydroxyl groups is 1. The van der Waals surface area contributed by atoms with Crippen molar-refractivity contribution in [3.05, 3.63) is 16.1 Å². The zero-order chi connectivity index (χ0) is 14.1. The first-order valence-corrected chi connectivity index (χ1v) is 8.16. The predicted octanol–water partition coefficient (Wildman–Crippen LogP) is 1.12. The van der Waals surface area contributed by atoms with E-state index in [-0.39, 0.29) is 12.0 Å². The van der Waals surface area contributed by atoms with Crippen molar-refractivity contribution in [2.24, 2.45) is 0 Å². The number of aliphatic hydroxyl groups excluding tert-OH is 1. The van der Waals surface area contributed by atoms with Gasteiger partial charge < -0.3 is 10.0 Å². The smallest absolute Gasteiger partial charge is 0.273 e. The summed E-state index contributed by atoms with van der Waals surface area (Å²) >= 11 is 1.52. The van der Waals surface area contributed by atoms with Crippen molar-refractivity contribution < 1.29 is 9.90 Å². The van der Waals surface area contributed by atoms with E-state index >= 15 is 0 Å². The lowest BCUT2D eigenvalue weighted by Gasteiger charge is -2.38. The number of aryl methyl sites for hydroxylation is 1. The maximum atomic E-state index is 12.3. The summed E-state index contributed by atoms with van der Waals surface area (Å²) < 4.78 is 0. The van der Waals surface area contributed by atoms with E-state index in [0.717, 1.165) is 50.4 Å². The highest BCUT2D eigenvalue weighted by atomic mass is 32.1. The molecule has 2 fully saturated rings. The van der Waals surface area contributed by atoms with Crippen LogP contribution in [0.5, 0.6) is 0 Å². The number of amides is 1. The van der Waals surface area contributed by atoms with Gasteiger partial charge in [0.15, 0.2) is 0 Å². The van der Waals surface area contributed by atoms with Gasteiger partial charge in [0, 0.05) is 37.6 Å². The van der Waals surface area contributed by atoms with Gasteiger partial charge in [0.25, 0.3) is 5.91 Å². The zero-order valence-electron chi connectivity index (χ0n) is 11.8. The van der Waals surface area contributed by atoms with Gasteiger partial charge in [0.1, 0.15) is 5.69 Å². The Bertz CT molecular complexity index is 483. The van der Waals surface area contributed by atoms with E-state index in [0.29, 0.717) is 11.7 Å². The summed E-state index contributed by atoms with van der Waals surface area (Å²) in [5.74, 6) is 0.0426. The number of aromatic nitrogens is 1. The number of rotatable bonds is 2. The molecule has 1 N–H and O–H groups in total. The molecule has 2 aliphatic rings. The minimum atomic E-state index is -0.182. The van der Waals surface area contributed by atoms with Crippen molar-refractivity contribution in [2.75, 3.05) is 26.2 Å². The van der Waals surface area contributed by atoms with Gasteiger partial charge >= 0.3 is 0 Å². The zero-order valence-corrected chi connectivity index (χ0v) is 12.6. The minimum Gasteiger partial charge on any atom is -0.391 e. The van der Waals surface area contributed by atoms with Crippen molar-refractivity contribution in [3.63, 3.8) is 0 Å². The Morgan fingerprint density at radius 3 is 2.65 bits per heavy atom. The Morgan fingerprint density at radius 1 is 1.35 bits per heavy atom. The molecule has 110 valence electrons. The predicted molar refractivity (Wildman–Crippen MR) is 78.0 cm³/mol. The summed E-state index contributed by atoms with van der Waals surface area (Å²) in [6.07, 6.45) is 2.93. The molecule has 1 saturated heterocycles. The van der Waals surface area contributed by atoms with Crippen molar-refractivity contribution in [2.45, 2.75) is 38.3 Å². The van der Waals surface area contributed by atoms with Crippen LogP contribution in [0.1, 0.15) is 34.8 Å². The molecular weight excluding hydrogens is 274 g/mol. The van der Waals surface area contributed by atoms with Crippen LogP contribution >= 0.6 is 11.3 Å². The molecule has 2 unspecified atom stereocenters. The third-order valence-corrected chi connectivity index (χ3v) is 5.13. The number of thiazole rings is 1. The molecule has 1 aliphatic carbocycles. The molecule has 0 bridgehead atoms. The average molecular weight is 295 g/mol. The van der Waals surface area contributed by atoms with Crippen LogP contribution in [0, 0.1) is 6.92 Å². The molecule has 1 aromatic heterocycles. The molecule has 3 rings (SSSR count). The van der Waals surface area contributed by atoms with E-state index < -0.39 is 0 Å². The SMILES string of the molecule is Cc1nc(C(=O)N2CCN(C3CCCC3O)CC2)cs1. The second-order valence-electron chi connectivity index (χ2n) is 5.65. The average Bonchev–Trinajstić information content (AvgIpc) is 3.07. The third-order valence-electron chi connectivity index (χ3n) is 4.35. The van der Waals surface area contributed by atoms with Crippen LogP contribution in [0.2, 0.25) is 0 Å². The van der Waals surface area contributed by atoms with Gasteiger partial charge in [0.2, 0.25) is 0 Å². The van der Waals surface area contributed by atoms with E-state index in [2.05, 4.69) is 9.88 Å². The first-order chi connectivity index (χ1) is 9.65. The fraction of sp³-hybridized carbons (Fsp3) is 0.714. The van der Waals surface area contributed by atoms with Crippen LogP contribution < -0.4 is 0 Å².